The monoisotopic (exact) mass is 442 g/mol. The van der Waals surface area contributed by atoms with Crippen LogP contribution < -0.4 is 5.32 Å². The van der Waals surface area contributed by atoms with Crippen molar-refractivity contribution in [2.24, 2.45) is 0 Å². The number of carbonyl (C=O) groups excluding carboxylic acids is 1. The first kappa shape index (κ1) is 19.2. The van der Waals surface area contributed by atoms with Gasteiger partial charge in [0, 0.05) is 22.0 Å². The Kier molecular flexibility index (Phi) is 6.22. The quantitative estimate of drug-likeness (QED) is 0.437. The van der Waals surface area contributed by atoms with Gasteiger partial charge in [-0.3, -0.25) is 10.1 Å². The number of aromatic nitrogens is 1. The van der Waals surface area contributed by atoms with Crippen LogP contribution in [0.25, 0.3) is 17.3 Å². The Morgan fingerprint density at radius 3 is 2.54 bits per heavy atom. The van der Waals surface area contributed by atoms with Crippen molar-refractivity contribution in [2.45, 2.75) is 0 Å². The molecule has 3 aromatic rings. The lowest BCUT2D eigenvalue weighted by Gasteiger charge is -2.01. The van der Waals surface area contributed by atoms with E-state index in [1.807, 2.05) is 5.38 Å². The zero-order valence-corrected chi connectivity index (χ0v) is 16.8. The first-order valence-electron chi connectivity index (χ1n) is 7.27. The number of hydrogen-bond donors (Lipinski definition) is 1. The SMILES string of the molecule is O=C(C=Cc1ccc(Cl)c(Cl)c1)Nc1nc(-c2ccc(Cl)cc2Cl)cs1. The van der Waals surface area contributed by atoms with Crippen LogP contribution in [-0.2, 0) is 4.79 Å². The van der Waals surface area contributed by atoms with Crippen LogP contribution in [0.15, 0.2) is 47.9 Å². The molecule has 0 aliphatic heterocycles. The molecule has 1 heterocycles. The van der Waals surface area contributed by atoms with Gasteiger partial charge in [0.1, 0.15) is 0 Å². The molecule has 2 aromatic carbocycles. The van der Waals surface area contributed by atoms with Crippen LogP contribution in [0.2, 0.25) is 20.1 Å². The summed E-state index contributed by atoms with van der Waals surface area (Å²) < 4.78 is 0. The lowest BCUT2D eigenvalue weighted by atomic mass is 10.2. The number of amides is 1. The van der Waals surface area contributed by atoms with Crippen LogP contribution in [0, 0.1) is 0 Å². The van der Waals surface area contributed by atoms with E-state index in [4.69, 9.17) is 46.4 Å². The Balaban J connectivity index is 1.69. The summed E-state index contributed by atoms with van der Waals surface area (Å²) in [6.45, 7) is 0. The van der Waals surface area contributed by atoms with Crippen molar-refractivity contribution in [3.05, 3.63) is 73.5 Å². The molecular formula is C18H10Cl4N2OS. The summed E-state index contributed by atoms with van der Waals surface area (Å²) in [4.78, 5) is 16.4. The highest BCUT2D eigenvalue weighted by atomic mass is 35.5. The van der Waals surface area contributed by atoms with Crippen LogP contribution in [-0.4, -0.2) is 10.9 Å². The molecule has 0 atom stereocenters. The van der Waals surface area contributed by atoms with E-state index in [1.54, 1.807) is 42.5 Å². The van der Waals surface area contributed by atoms with Gasteiger partial charge in [-0.25, -0.2) is 4.98 Å². The predicted octanol–water partition coefficient (Wildman–Crippen LogP) is 7.08. The van der Waals surface area contributed by atoms with Crippen LogP contribution in [0.5, 0.6) is 0 Å². The lowest BCUT2D eigenvalue weighted by Crippen LogP contribution is -2.07. The van der Waals surface area contributed by atoms with Gasteiger partial charge >= 0.3 is 0 Å². The van der Waals surface area contributed by atoms with Gasteiger partial charge in [-0.05, 0) is 42.0 Å². The summed E-state index contributed by atoms with van der Waals surface area (Å²) in [6, 6.07) is 10.3. The number of hydrogen-bond acceptors (Lipinski definition) is 3. The molecule has 0 spiro atoms. The van der Waals surface area contributed by atoms with Crippen molar-refractivity contribution < 1.29 is 4.79 Å². The minimum atomic E-state index is -0.306. The average Bonchev–Trinajstić information content (AvgIpc) is 3.04. The third-order valence-electron chi connectivity index (χ3n) is 3.31. The number of benzene rings is 2. The fraction of sp³-hybridized carbons (Fsp3) is 0. The zero-order valence-electron chi connectivity index (χ0n) is 13.0. The molecule has 3 rings (SSSR count). The number of carbonyl (C=O) groups is 1. The second kappa shape index (κ2) is 8.42. The van der Waals surface area contributed by atoms with Crippen LogP contribution in [0.3, 0.4) is 0 Å². The number of rotatable bonds is 4. The molecule has 0 bridgehead atoms. The van der Waals surface area contributed by atoms with Gasteiger partial charge in [0.25, 0.3) is 0 Å². The molecule has 0 saturated heterocycles. The average molecular weight is 444 g/mol. The first-order valence-corrected chi connectivity index (χ1v) is 9.66. The number of nitrogens with one attached hydrogen (secondary N) is 1. The lowest BCUT2D eigenvalue weighted by molar-refractivity contribution is -0.111. The summed E-state index contributed by atoms with van der Waals surface area (Å²) in [6.07, 6.45) is 3.04. The molecule has 0 fully saturated rings. The highest BCUT2D eigenvalue weighted by molar-refractivity contribution is 7.14. The Bertz CT molecular complexity index is 1000. The molecule has 26 heavy (non-hydrogen) atoms. The fourth-order valence-corrected chi connectivity index (χ4v) is 3.61. The molecular weight excluding hydrogens is 434 g/mol. The van der Waals surface area contributed by atoms with E-state index >= 15 is 0 Å². The summed E-state index contributed by atoms with van der Waals surface area (Å²) in [5, 5.41) is 6.94. The van der Waals surface area contributed by atoms with Gasteiger partial charge in [0.05, 0.1) is 20.8 Å². The van der Waals surface area contributed by atoms with E-state index in [0.29, 0.717) is 30.9 Å². The van der Waals surface area contributed by atoms with Crippen molar-refractivity contribution in [3.63, 3.8) is 0 Å². The van der Waals surface area contributed by atoms with Crippen molar-refractivity contribution in [3.8, 4) is 11.3 Å². The first-order chi connectivity index (χ1) is 12.4. The van der Waals surface area contributed by atoms with Crippen molar-refractivity contribution >= 4 is 74.9 Å². The Morgan fingerprint density at radius 2 is 1.81 bits per heavy atom. The Morgan fingerprint density at radius 1 is 1.00 bits per heavy atom. The van der Waals surface area contributed by atoms with E-state index in [1.165, 1.54) is 17.4 Å². The minimum Gasteiger partial charge on any atom is -0.298 e. The summed E-state index contributed by atoms with van der Waals surface area (Å²) in [5.41, 5.74) is 2.18. The topological polar surface area (TPSA) is 42.0 Å². The second-order valence-corrected chi connectivity index (χ2v) is 7.67. The number of nitrogens with zero attached hydrogens (tertiary/aromatic N) is 1. The third-order valence-corrected chi connectivity index (χ3v) is 5.36. The molecule has 0 saturated carbocycles. The molecule has 0 aliphatic carbocycles. The zero-order chi connectivity index (χ0) is 18.7. The van der Waals surface area contributed by atoms with Gasteiger partial charge < -0.3 is 0 Å². The maximum absolute atomic E-state index is 12.1. The van der Waals surface area contributed by atoms with Gasteiger partial charge in [-0.1, -0.05) is 52.5 Å². The van der Waals surface area contributed by atoms with E-state index in [-0.39, 0.29) is 5.91 Å². The Hall–Kier alpha value is -1.56. The summed E-state index contributed by atoms with van der Waals surface area (Å²) in [5.74, 6) is -0.306. The molecule has 1 amide bonds. The predicted molar refractivity (Wildman–Crippen MR) is 112 cm³/mol. The molecule has 132 valence electrons. The van der Waals surface area contributed by atoms with Gasteiger partial charge in [0.15, 0.2) is 5.13 Å². The van der Waals surface area contributed by atoms with E-state index in [9.17, 15) is 4.79 Å². The van der Waals surface area contributed by atoms with E-state index in [0.717, 1.165) is 11.1 Å². The van der Waals surface area contributed by atoms with Crippen molar-refractivity contribution in [1.29, 1.82) is 0 Å². The largest absolute Gasteiger partial charge is 0.298 e. The normalized spacial score (nSPS) is 11.1. The molecule has 0 aliphatic rings. The maximum Gasteiger partial charge on any atom is 0.250 e. The second-order valence-electron chi connectivity index (χ2n) is 5.16. The number of anilines is 1. The highest BCUT2D eigenvalue weighted by Gasteiger charge is 2.10. The molecule has 3 nitrogen and oxygen atoms in total. The van der Waals surface area contributed by atoms with Crippen molar-refractivity contribution in [2.75, 3.05) is 5.32 Å². The summed E-state index contributed by atoms with van der Waals surface area (Å²) >= 11 is 25.2. The van der Waals surface area contributed by atoms with E-state index in [2.05, 4.69) is 10.3 Å². The highest BCUT2D eigenvalue weighted by Crippen LogP contribution is 2.32. The maximum atomic E-state index is 12.1. The molecule has 0 radical (unpaired) electrons. The van der Waals surface area contributed by atoms with Crippen LogP contribution >= 0.6 is 57.7 Å². The standard InChI is InChI=1S/C18H10Cl4N2OS/c19-11-3-4-12(14(21)8-11)16-9-26-18(23-16)24-17(25)6-2-10-1-5-13(20)15(22)7-10/h1-9H,(H,23,24,25). The van der Waals surface area contributed by atoms with E-state index < -0.39 is 0 Å². The van der Waals surface area contributed by atoms with Crippen LogP contribution in [0.4, 0.5) is 5.13 Å². The van der Waals surface area contributed by atoms with Gasteiger partial charge in [-0.2, -0.15) is 0 Å². The summed E-state index contributed by atoms with van der Waals surface area (Å²) in [7, 11) is 0. The Labute approximate surface area is 174 Å². The van der Waals surface area contributed by atoms with Gasteiger partial charge in [0.2, 0.25) is 5.91 Å². The smallest absolute Gasteiger partial charge is 0.250 e. The van der Waals surface area contributed by atoms with Crippen molar-refractivity contribution in [1.82, 2.24) is 4.98 Å². The number of halogens is 4. The third kappa shape index (κ3) is 4.78. The molecule has 1 N–H and O–H groups in total. The molecule has 0 unspecified atom stereocenters. The van der Waals surface area contributed by atoms with Gasteiger partial charge in [-0.15, -0.1) is 11.3 Å². The fourth-order valence-electron chi connectivity index (χ4n) is 2.09. The number of thiazole rings is 1. The molecule has 1 aromatic heterocycles. The van der Waals surface area contributed by atoms with Crippen LogP contribution in [0.1, 0.15) is 5.56 Å². The minimum absolute atomic E-state index is 0.306. The molecule has 8 heteroatoms.